The van der Waals surface area contributed by atoms with Crippen molar-refractivity contribution in [2.24, 2.45) is 17.3 Å². The van der Waals surface area contributed by atoms with Gasteiger partial charge in [-0.2, -0.15) is 0 Å². The molecule has 23 heavy (non-hydrogen) atoms. The van der Waals surface area contributed by atoms with E-state index in [0.29, 0.717) is 16.3 Å². The molecule has 1 aromatic rings. The van der Waals surface area contributed by atoms with Crippen LogP contribution in [0.25, 0.3) is 0 Å². The van der Waals surface area contributed by atoms with E-state index in [1.807, 2.05) is 13.0 Å². The largest absolute Gasteiger partial charge is 0.506 e. The second-order valence-electron chi connectivity index (χ2n) is 7.61. The molecule has 1 fully saturated rings. The number of ketones is 1. The van der Waals surface area contributed by atoms with Gasteiger partial charge in [0.05, 0.1) is 10.0 Å². The Morgan fingerprint density at radius 1 is 1.35 bits per heavy atom. The molecule has 3 rings (SSSR count). The van der Waals surface area contributed by atoms with Crippen molar-refractivity contribution in [2.45, 2.75) is 46.5 Å². The molecule has 1 aromatic carbocycles. The maximum absolute atomic E-state index is 12.7. The highest BCUT2D eigenvalue weighted by Crippen LogP contribution is 2.59. The Kier molecular flexibility index (Phi) is 3.87. The van der Waals surface area contributed by atoms with Crippen LogP contribution in [0.4, 0.5) is 0 Å². The summed E-state index contributed by atoms with van der Waals surface area (Å²) in [6.07, 6.45) is 3.73. The van der Waals surface area contributed by atoms with Crippen LogP contribution in [0.1, 0.15) is 61.0 Å². The highest BCUT2D eigenvalue weighted by molar-refractivity contribution is 9.10. The number of aliphatic hydroxyl groups is 1. The average Bonchev–Trinajstić information content (AvgIpc) is 2.77. The van der Waals surface area contributed by atoms with Crippen LogP contribution in [0, 0.1) is 24.2 Å². The zero-order valence-electron chi connectivity index (χ0n) is 14.0. The number of allylic oxidation sites excluding steroid dienone is 2. The van der Waals surface area contributed by atoms with Crippen LogP contribution in [0.15, 0.2) is 22.4 Å². The quantitative estimate of drug-likeness (QED) is 0.700. The van der Waals surface area contributed by atoms with Gasteiger partial charge >= 0.3 is 0 Å². The predicted octanol–water partition coefficient (Wildman–Crippen LogP) is 5.26. The molecule has 3 nitrogen and oxygen atoms in total. The fraction of sp³-hybridized carbons (Fsp3) is 0.526. The van der Waals surface area contributed by atoms with Gasteiger partial charge in [0, 0.05) is 0 Å². The standard InChI is InChI=1S/C19H23BrO3/c1-9(2)11-5-6-19(4)8-13(21)17(22)14-12(15(11)19)7-10(3)16(20)18(14)23/h7-9,11,15,21,23H,5-6H2,1-4H3/t11-,15-,19+/m1/s1. The molecule has 0 spiro atoms. The van der Waals surface area contributed by atoms with Gasteiger partial charge in [-0.05, 0) is 76.1 Å². The van der Waals surface area contributed by atoms with E-state index in [2.05, 4.69) is 36.7 Å². The summed E-state index contributed by atoms with van der Waals surface area (Å²) in [5.41, 5.74) is 1.80. The normalized spacial score (nSPS) is 30.0. The van der Waals surface area contributed by atoms with Crippen molar-refractivity contribution >= 4 is 21.7 Å². The first kappa shape index (κ1) is 16.6. The number of aromatic hydroxyl groups is 1. The molecule has 2 aliphatic carbocycles. The minimum atomic E-state index is -0.476. The van der Waals surface area contributed by atoms with Crippen LogP contribution >= 0.6 is 15.9 Å². The smallest absolute Gasteiger partial charge is 0.231 e. The number of halogens is 1. The van der Waals surface area contributed by atoms with Gasteiger partial charge in [-0.1, -0.05) is 26.8 Å². The highest BCUT2D eigenvalue weighted by atomic mass is 79.9. The molecule has 0 bridgehead atoms. The first-order chi connectivity index (χ1) is 10.7. The first-order valence-electron chi connectivity index (χ1n) is 8.16. The molecule has 0 radical (unpaired) electrons. The number of rotatable bonds is 1. The Balaban J connectivity index is 2.35. The van der Waals surface area contributed by atoms with Gasteiger partial charge in [0.25, 0.3) is 0 Å². The molecule has 3 atom stereocenters. The molecule has 0 saturated heterocycles. The fourth-order valence-corrected chi connectivity index (χ4v) is 4.86. The number of fused-ring (bicyclic) bond motifs is 3. The molecule has 0 amide bonds. The topological polar surface area (TPSA) is 57.5 Å². The molecule has 0 unspecified atom stereocenters. The monoisotopic (exact) mass is 378 g/mol. The summed E-state index contributed by atoms with van der Waals surface area (Å²) >= 11 is 3.36. The van der Waals surface area contributed by atoms with E-state index in [0.717, 1.165) is 24.0 Å². The van der Waals surface area contributed by atoms with E-state index in [4.69, 9.17) is 0 Å². The van der Waals surface area contributed by atoms with Crippen LogP contribution < -0.4 is 0 Å². The zero-order valence-corrected chi connectivity index (χ0v) is 15.6. The van der Waals surface area contributed by atoms with Gasteiger partial charge in [0.1, 0.15) is 5.75 Å². The number of carbonyl (C=O) groups excluding carboxylic acids is 1. The van der Waals surface area contributed by atoms with E-state index >= 15 is 0 Å². The lowest BCUT2D eigenvalue weighted by molar-refractivity contribution is 0.0973. The average molecular weight is 379 g/mol. The first-order valence-corrected chi connectivity index (χ1v) is 8.95. The summed E-state index contributed by atoms with van der Waals surface area (Å²) < 4.78 is 0.528. The number of aryl methyl sites for hydroxylation is 1. The van der Waals surface area contributed by atoms with Crippen molar-refractivity contribution in [3.63, 3.8) is 0 Å². The summed E-state index contributed by atoms with van der Waals surface area (Å²) in [6.45, 7) is 8.45. The number of hydrogen-bond donors (Lipinski definition) is 2. The third-order valence-electron chi connectivity index (χ3n) is 5.72. The van der Waals surface area contributed by atoms with Crippen LogP contribution in [0.5, 0.6) is 5.75 Å². The summed E-state index contributed by atoms with van der Waals surface area (Å²) in [5.74, 6) is 0.258. The van der Waals surface area contributed by atoms with Crippen molar-refractivity contribution in [3.8, 4) is 5.75 Å². The molecule has 1 saturated carbocycles. The van der Waals surface area contributed by atoms with E-state index in [-0.39, 0.29) is 28.4 Å². The minimum Gasteiger partial charge on any atom is -0.506 e. The van der Waals surface area contributed by atoms with Crippen molar-refractivity contribution in [2.75, 3.05) is 0 Å². The Bertz CT molecular complexity index is 720. The summed E-state index contributed by atoms with van der Waals surface area (Å²) in [4.78, 5) is 12.7. The van der Waals surface area contributed by atoms with Crippen molar-refractivity contribution in [1.82, 2.24) is 0 Å². The summed E-state index contributed by atoms with van der Waals surface area (Å²) in [6, 6.07) is 2.01. The van der Waals surface area contributed by atoms with Gasteiger partial charge in [-0.25, -0.2) is 0 Å². The van der Waals surface area contributed by atoms with Crippen molar-refractivity contribution in [3.05, 3.63) is 39.1 Å². The number of benzene rings is 1. The number of aliphatic hydroxyl groups excluding tert-OH is 1. The molecule has 124 valence electrons. The highest BCUT2D eigenvalue weighted by Gasteiger charge is 2.49. The minimum absolute atomic E-state index is 0.0522. The molecule has 2 N–H and O–H groups in total. The van der Waals surface area contributed by atoms with Crippen LogP contribution in [-0.4, -0.2) is 16.0 Å². The van der Waals surface area contributed by atoms with E-state index in [1.54, 1.807) is 6.08 Å². The lowest BCUT2D eigenvalue weighted by Crippen LogP contribution is -2.24. The summed E-state index contributed by atoms with van der Waals surface area (Å²) in [5, 5.41) is 20.9. The number of phenols is 1. The van der Waals surface area contributed by atoms with Gasteiger partial charge in [0.2, 0.25) is 5.78 Å². The Hall–Kier alpha value is -1.29. The third-order valence-corrected chi connectivity index (χ3v) is 6.73. The number of hydrogen-bond acceptors (Lipinski definition) is 3. The summed E-state index contributed by atoms with van der Waals surface area (Å²) in [7, 11) is 0. The Labute approximate surface area is 145 Å². The van der Waals surface area contributed by atoms with E-state index in [1.165, 1.54) is 0 Å². The van der Waals surface area contributed by atoms with Gasteiger partial charge < -0.3 is 10.2 Å². The van der Waals surface area contributed by atoms with Crippen LogP contribution in [0.2, 0.25) is 0 Å². The Morgan fingerprint density at radius 3 is 2.61 bits per heavy atom. The molecular weight excluding hydrogens is 356 g/mol. The van der Waals surface area contributed by atoms with E-state index in [9.17, 15) is 15.0 Å². The number of carbonyl (C=O) groups is 1. The molecule has 0 aliphatic heterocycles. The number of Topliss-reactive ketones (excluding diaryl/α,β-unsaturated/α-hetero) is 1. The van der Waals surface area contributed by atoms with Gasteiger partial charge in [-0.3, -0.25) is 4.79 Å². The molecular formula is C19H23BrO3. The molecule has 0 aromatic heterocycles. The molecule has 2 aliphatic rings. The lowest BCUT2D eigenvalue weighted by atomic mass is 9.70. The van der Waals surface area contributed by atoms with E-state index < -0.39 is 5.78 Å². The van der Waals surface area contributed by atoms with Crippen molar-refractivity contribution < 1.29 is 15.0 Å². The lowest BCUT2D eigenvalue weighted by Gasteiger charge is -2.34. The maximum Gasteiger partial charge on any atom is 0.231 e. The molecule has 0 heterocycles. The van der Waals surface area contributed by atoms with Crippen molar-refractivity contribution in [1.29, 1.82) is 0 Å². The second kappa shape index (κ2) is 5.37. The fourth-order valence-electron chi connectivity index (χ4n) is 4.55. The third kappa shape index (κ3) is 2.34. The Morgan fingerprint density at radius 2 is 2.00 bits per heavy atom. The van der Waals surface area contributed by atoms with Gasteiger partial charge in [-0.15, -0.1) is 0 Å². The van der Waals surface area contributed by atoms with Gasteiger partial charge in [0.15, 0.2) is 5.76 Å². The maximum atomic E-state index is 12.7. The zero-order chi connectivity index (χ0) is 17.1. The predicted molar refractivity (Wildman–Crippen MR) is 94.0 cm³/mol. The SMILES string of the molecule is Cc1cc2c(c(O)c1Br)C(=O)C(O)=C[C@]1(C)CC[C@H](C(C)C)[C@H]21. The van der Waals surface area contributed by atoms with Crippen LogP contribution in [0.3, 0.4) is 0 Å². The van der Waals surface area contributed by atoms with Crippen LogP contribution in [-0.2, 0) is 0 Å². The number of phenolic OH excluding ortho intramolecular Hbond substituents is 1. The second-order valence-corrected chi connectivity index (χ2v) is 8.40. The molecule has 4 heteroatoms.